The molecule has 0 aliphatic carbocycles. The van der Waals surface area contributed by atoms with Crippen molar-refractivity contribution < 1.29 is 24.2 Å². The molecule has 2 rings (SSSR count). The fourth-order valence-corrected chi connectivity index (χ4v) is 2.71. The molecule has 0 radical (unpaired) electrons. The predicted octanol–water partition coefficient (Wildman–Crippen LogP) is 2.28. The highest BCUT2D eigenvalue weighted by atomic mass is 16.6. The number of likely N-dealkylation sites (tertiary alicyclic amines) is 1. The highest BCUT2D eigenvalue weighted by Crippen LogP contribution is 2.21. The van der Waals surface area contributed by atoms with E-state index in [1.165, 1.54) is 4.90 Å². The first-order chi connectivity index (χ1) is 11.8. The monoisotopic (exact) mass is 350 g/mol. The van der Waals surface area contributed by atoms with Crippen molar-refractivity contribution in [3.63, 3.8) is 0 Å². The molecule has 1 saturated heterocycles. The van der Waals surface area contributed by atoms with E-state index in [0.717, 1.165) is 5.56 Å². The SMILES string of the molecule is CC(C)(C)OC(=O)N1CC[C@H](NC(=O)OCc2ccccc2)[C@H]1CO. The first-order valence-corrected chi connectivity index (χ1v) is 8.38. The van der Waals surface area contributed by atoms with Crippen molar-refractivity contribution in [2.75, 3.05) is 13.2 Å². The highest BCUT2D eigenvalue weighted by molar-refractivity contribution is 5.71. The van der Waals surface area contributed by atoms with Crippen molar-refractivity contribution in [1.29, 1.82) is 0 Å². The van der Waals surface area contributed by atoms with Crippen LogP contribution in [-0.4, -0.2) is 53.0 Å². The molecule has 0 bridgehead atoms. The number of nitrogens with zero attached hydrogens (tertiary/aromatic N) is 1. The molecule has 0 aromatic heterocycles. The minimum Gasteiger partial charge on any atom is -0.445 e. The third-order valence-electron chi connectivity index (χ3n) is 3.88. The second kappa shape index (κ2) is 8.20. The molecule has 1 aliphatic heterocycles. The number of carbonyl (C=O) groups is 2. The number of nitrogens with one attached hydrogen (secondary N) is 1. The van der Waals surface area contributed by atoms with Crippen molar-refractivity contribution >= 4 is 12.2 Å². The van der Waals surface area contributed by atoms with Crippen LogP contribution in [0.15, 0.2) is 30.3 Å². The van der Waals surface area contributed by atoms with E-state index in [0.29, 0.717) is 13.0 Å². The smallest absolute Gasteiger partial charge is 0.410 e. The van der Waals surface area contributed by atoms with Gasteiger partial charge in [0, 0.05) is 6.54 Å². The van der Waals surface area contributed by atoms with Gasteiger partial charge in [0.05, 0.1) is 18.7 Å². The van der Waals surface area contributed by atoms with E-state index < -0.39 is 23.8 Å². The first-order valence-electron chi connectivity index (χ1n) is 8.38. The molecule has 25 heavy (non-hydrogen) atoms. The number of ether oxygens (including phenoxy) is 2. The second-order valence-corrected chi connectivity index (χ2v) is 7.02. The molecule has 2 atom stereocenters. The summed E-state index contributed by atoms with van der Waals surface area (Å²) in [7, 11) is 0. The summed E-state index contributed by atoms with van der Waals surface area (Å²) in [4.78, 5) is 25.7. The van der Waals surface area contributed by atoms with Crippen LogP contribution in [0.3, 0.4) is 0 Å². The van der Waals surface area contributed by atoms with Crippen molar-refractivity contribution in [3.8, 4) is 0 Å². The molecule has 2 amide bonds. The highest BCUT2D eigenvalue weighted by Gasteiger charge is 2.39. The van der Waals surface area contributed by atoms with Crippen LogP contribution >= 0.6 is 0 Å². The van der Waals surface area contributed by atoms with Gasteiger partial charge in [0.2, 0.25) is 0 Å². The maximum absolute atomic E-state index is 12.2. The lowest BCUT2D eigenvalue weighted by atomic mass is 10.1. The molecular formula is C18H26N2O5. The Hall–Kier alpha value is -2.28. The molecule has 1 aliphatic rings. The Morgan fingerprint density at radius 2 is 1.96 bits per heavy atom. The number of hydrogen-bond acceptors (Lipinski definition) is 5. The molecule has 1 fully saturated rings. The zero-order chi connectivity index (χ0) is 18.4. The Kier molecular flexibility index (Phi) is 6.25. The van der Waals surface area contributed by atoms with Gasteiger partial charge < -0.3 is 24.8 Å². The number of amides is 2. The van der Waals surface area contributed by atoms with E-state index in [9.17, 15) is 14.7 Å². The van der Waals surface area contributed by atoms with E-state index in [1.807, 2.05) is 30.3 Å². The van der Waals surface area contributed by atoms with Crippen LogP contribution in [0.25, 0.3) is 0 Å². The van der Waals surface area contributed by atoms with E-state index in [2.05, 4.69) is 5.32 Å². The normalized spacial score (nSPS) is 20.2. The third kappa shape index (κ3) is 5.63. The number of carbonyl (C=O) groups excluding carboxylic acids is 2. The van der Waals surface area contributed by atoms with Crippen LogP contribution in [0, 0.1) is 0 Å². The van der Waals surface area contributed by atoms with Gasteiger partial charge in [0.25, 0.3) is 0 Å². The van der Waals surface area contributed by atoms with E-state index in [-0.39, 0.29) is 19.3 Å². The average Bonchev–Trinajstić information content (AvgIpc) is 2.95. The lowest BCUT2D eigenvalue weighted by Crippen LogP contribution is -2.49. The summed E-state index contributed by atoms with van der Waals surface area (Å²) >= 11 is 0. The van der Waals surface area contributed by atoms with Crippen molar-refractivity contribution in [2.45, 2.75) is 51.5 Å². The molecule has 1 aromatic rings. The zero-order valence-electron chi connectivity index (χ0n) is 14.9. The molecule has 138 valence electrons. The number of aliphatic hydroxyl groups excluding tert-OH is 1. The van der Waals surface area contributed by atoms with Crippen LogP contribution in [0.4, 0.5) is 9.59 Å². The van der Waals surface area contributed by atoms with Gasteiger partial charge in [-0.15, -0.1) is 0 Å². The molecule has 7 nitrogen and oxygen atoms in total. The van der Waals surface area contributed by atoms with Crippen LogP contribution in [0.1, 0.15) is 32.8 Å². The fourth-order valence-electron chi connectivity index (χ4n) is 2.71. The molecule has 1 aromatic carbocycles. The summed E-state index contributed by atoms with van der Waals surface area (Å²) in [6.07, 6.45) is -0.530. The van der Waals surface area contributed by atoms with Crippen molar-refractivity contribution in [2.24, 2.45) is 0 Å². The predicted molar refractivity (Wildman–Crippen MR) is 92.0 cm³/mol. The molecule has 1 heterocycles. The molecule has 2 N–H and O–H groups in total. The van der Waals surface area contributed by atoms with Crippen molar-refractivity contribution in [1.82, 2.24) is 10.2 Å². The Balaban J connectivity index is 1.87. The Morgan fingerprint density at radius 1 is 1.28 bits per heavy atom. The molecule has 7 heteroatoms. The van der Waals surface area contributed by atoms with Gasteiger partial charge in [0.15, 0.2) is 0 Å². The first kappa shape index (κ1) is 19.1. The molecule has 0 unspecified atom stereocenters. The minimum absolute atomic E-state index is 0.166. The van der Waals surface area contributed by atoms with Crippen LogP contribution < -0.4 is 5.32 Å². The zero-order valence-corrected chi connectivity index (χ0v) is 14.9. The quantitative estimate of drug-likeness (QED) is 0.870. The van der Waals surface area contributed by atoms with Crippen LogP contribution in [0.2, 0.25) is 0 Å². The lowest BCUT2D eigenvalue weighted by molar-refractivity contribution is 0.0157. The Bertz CT molecular complexity index is 585. The second-order valence-electron chi connectivity index (χ2n) is 7.02. The topological polar surface area (TPSA) is 88.1 Å². The van der Waals surface area contributed by atoms with Crippen molar-refractivity contribution in [3.05, 3.63) is 35.9 Å². The summed E-state index contributed by atoms with van der Waals surface area (Å²) in [5, 5.41) is 12.4. The molecular weight excluding hydrogens is 324 g/mol. The number of rotatable bonds is 4. The molecule has 0 spiro atoms. The summed E-state index contributed by atoms with van der Waals surface area (Å²) < 4.78 is 10.5. The van der Waals surface area contributed by atoms with Gasteiger partial charge in [-0.05, 0) is 32.8 Å². The van der Waals surface area contributed by atoms with Gasteiger partial charge in [0.1, 0.15) is 12.2 Å². The summed E-state index contributed by atoms with van der Waals surface area (Å²) in [6, 6.07) is 8.45. The van der Waals surface area contributed by atoms with E-state index in [4.69, 9.17) is 9.47 Å². The van der Waals surface area contributed by atoms with E-state index >= 15 is 0 Å². The van der Waals surface area contributed by atoms with Crippen LogP contribution in [-0.2, 0) is 16.1 Å². The maximum atomic E-state index is 12.2. The van der Waals surface area contributed by atoms with Gasteiger partial charge in [-0.3, -0.25) is 0 Å². The van der Waals surface area contributed by atoms with Gasteiger partial charge >= 0.3 is 12.2 Å². The Labute approximate surface area is 147 Å². The van der Waals surface area contributed by atoms with Gasteiger partial charge in [-0.1, -0.05) is 30.3 Å². The lowest BCUT2D eigenvalue weighted by Gasteiger charge is -2.29. The van der Waals surface area contributed by atoms with Crippen LogP contribution in [0.5, 0.6) is 0 Å². The Morgan fingerprint density at radius 3 is 2.56 bits per heavy atom. The van der Waals surface area contributed by atoms with Gasteiger partial charge in [-0.2, -0.15) is 0 Å². The minimum atomic E-state index is -0.614. The summed E-state index contributed by atoms with van der Waals surface area (Å²) in [6.45, 7) is 5.66. The maximum Gasteiger partial charge on any atom is 0.410 e. The average molecular weight is 350 g/mol. The molecule has 0 saturated carbocycles. The fraction of sp³-hybridized carbons (Fsp3) is 0.556. The van der Waals surface area contributed by atoms with E-state index in [1.54, 1.807) is 20.8 Å². The summed E-state index contributed by atoms with van der Waals surface area (Å²) in [5.41, 5.74) is 0.273. The number of aliphatic hydroxyl groups is 1. The number of hydrogen-bond donors (Lipinski definition) is 2. The number of benzene rings is 1. The largest absolute Gasteiger partial charge is 0.445 e. The summed E-state index contributed by atoms with van der Waals surface area (Å²) in [5.74, 6) is 0. The standard InChI is InChI=1S/C18H26N2O5/c1-18(2,3)25-17(23)20-10-9-14(15(20)11-21)19-16(22)24-12-13-7-5-4-6-8-13/h4-8,14-15,21H,9-12H2,1-3H3,(H,19,22)/t14-,15+/m0/s1. The third-order valence-corrected chi connectivity index (χ3v) is 3.88. The van der Waals surface area contributed by atoms with Gasteiger partial charge in [-0.25, -0.2) is 9.59 Å². The number of alkyl carbamates (subject to hydrolysis) is 1.